The normalized spacial score (nSPS) is 11.9. The van der Waals surface area contributed by atoms with Gasteiger partial charge in [-0.1, -0.05) is 0 Å². The molecule has 0 aliphatic heterocycles. The van der Waals surface area contributed by atoms with Crippen molar-refractivity contribution < 1.29 is 9.18 Å². The van der Waals surface area contributed by atoms with Crippen molar-refractivity contribution in [2.75, 3.05) is 11.1 Å². The molecule has 104 valence electrons. The summed E-state index contributed by atoms with van der Waals surface area (Å²) in [4.78, 5) is 23.7. The van der Waals surface area contributed by atoms with Gasteiger partial charge in [0.15, 0.2) is 0 Å². The van der Waals surface area contributed by atoms with E-state index in [1.807, 2.05) is 0 Å². The van der Waals surface area contributed by atoms with Gasteiger partial charge in [-0.3, -0.25) is 9.59 Å². The molecule has 6 heteroatoms. The number of nitrogens with two attached hydrogens (primary N) is 1. The Morgan fingerprint density at radius 1 is 1.25 bits per heavy atom. The summed E-state index contributed by atoms with van der Waals surface area (Å²) in [5.41, 5.74) is 6.14. The monoisotopic (exact) mass is 275 g/mol. The van der Waals surface area contributed by atoms with Crippen molar-refractivity contribution in [1.29, 1.82) is 0 Å². The van der Waals surface area contributed by atoms with Gasteiger partial charge in [-0.15, -0.1) is 0 Å². The van der Waals surface area contributed by atoms with Gasteiger partial charge in [-0.05, 0) is 37.3 Å². The number of anilines is 2. The molecule has 0 aliphatic rings. The van der Waals surface area contributed by atoms with Gasteiger partial charge >= 0.3 is 0 Å². The Hall–Kier alpha value is -2.63. The molecule has 1 heterocycles. The largest absolute Gasteiger partial charge is 0.398 e. The van der Waals surface area contributed by atoms with Crippen molar-refractivity contribution in [3.05, 3.63) is 58.8 Å². The first-order valence-corrected chi connectivity index (χ1v) is 6.01. The molecule has 2 aromatic rings. The molecule has 1 atom stereocenters. The predicted octanol–water partition coefficient (Wildman–Crippen LogP) is 1.77. The summed E-state index contributed by atoms with van der Waals surface area (Å²) in [6, 6.07) is 7.43. The van der Waals surface area contributed by atoms with E-state index in [0.717, 1.165) is 0 Å². The molecule has 5 nitrogen and oxygen atoms in total. The standard InChI is InChI=1S/C14H14FN3O2/c1-9(18-8-11(16)4-7-13(18)19)14(20)17-12-5-2-10(15)3-6-12/h2-9H,16H2,1H3,(H,17,20). The van der Waals surface area contributed by atoms with Gasteiger partial charge in [0.1, 0.15) is 11.9 Å². The zero-order valence-corrected chi connectivity index (χ0v) is 10.8. The number of nitrogens with zero attached hydrogens (tertiary/aromatic N) is 1. The first-order valence-electron chi connectivity index (χ1n) is 6.01. The summed E-state index contributed by atoms with van der Waals surface area (Å²) >= 11 is 0. The second-order valence-electron chi connectivity index (χ2n) is 4.38. The van der Waals surface area contributed by atoms with Crippen LogP contribution in [-0.4, -0.2) is 10.5 Å². The summed E-state index contributed by atoms with van der Waals surface area (Å²) in [6.45, 7) is 1.58. The van der Waals surface area contributed by atoms with E-state index >= 15 is 0 Å². The number of pyridine rings is 1. The third-order valence-electron chi connectivity index (χ3n) is 2.87. The van der Waals surface area contributed by atoms with E-state index in [0.29, 0.717) is 11.4 Å². The van der Waals surface area contributed by atoms with Gasteiger partial charge in [0.2, 0.25) is 5.91 Å². The van der Waals surface area contributed by atoms with Crippen LogP contribution in [0.4, 0.5) is 15.8 Å². The van der Waals surface area contributed by atoms with Crippen molar-refractivity contribution in [3.63, 3.8) is 0 Å². The van der Waals surface area contributed by atoms with E-state index in [1.165, 1.54) is 47.2 Å². The number of carbonyl (C=O) groups excluding carboxylic acids is 1. The lowest BCUT2D eigenvalue weighted by molar-refractivity contribution is -0.118. The highest BCUT2D eigenvalue weighted by Crippen LogP contribution is 2.12. The zero-order valence-electron chi connectivity index (χ0n) is 10.8. The van der Waals surface area contributed by atoms with Crippen LogP contribution in [0.15, 0.2) is 47.4 Å². The second-order valence-corrected chi connectivity index (χ2v) is 4.38. The number of hydrogen-bond donors (Lipinski definition) is 2. The number of halogens is 1. The first-order chi connectivity index (χ1) is 9.47. The van der Waals surface area contributed by atoms with E-state index in [-0.39, 0.29) is 17.3 Å². The van der Waals surface area contributed by atoms with Crippen LogP contribution >= 0.6 is 0 Å². The van der Waals surface area contributed by atoms with Crippen LogP contribution in [0.2, 0.25) is 0 Å². The van der Waals surface area contributed by atoms with Crippen LogP contribution in [0.1, 0.15) is 13.0 Å². The fraction of sp³-hybridized carbons (Fsp3) is 0.143. The molecule has 0 saturated heterocycles. The molecular formula is C14H14FN3O2. The number of carbonyl (C=O) groups is 1. The van der Waals surface area contributed by atoms with Crippen LogP contribution in [-0.2, 0) is 4.79 Å². The summed E-state index contributed by atoms with van der Waals surface area (Å²) in [7, 11) is 0. The lowest BCUT2D eigenvalue weighted by Gasteiger charge is -2.15. The minimum absolute atomic E-state index is 0.319. The number of nitrogen functional groups attached to an aromatic ring is 1. The Kier molecular flexibility index (Phi) is 3.84. The van der Waals surface area contributed by atoms with E-state index in [1.54, 1.807) is 6.92 Å². The van der Waals surface area contributed by atoms with E-state index in [4.69, 9.17) is 5.73 Å². The Morgan fingerprint density at radius 2 is 1.90 bits per heavy atom. The highest BCUT2D eigenvalue weighted by molar-refractivity contribution is 5.93. The van der Waals surface area contributed by atoms with Crippen LogP contribution in [0.25, 0.3) is 0 Å². The zero-order chi connectivity index (χ0) is 14.7. The lowest BCUT2D eigenvalue weighted by atomic mass is 10.2. The van der Waals surface area contributed by atoms with Crippen LogP contribution in [0, 0.1) is 5.82 Å². The number of rotatable bonds is 3. The average Bonchev–Trinajstić information content (AvgIpc) is 2.43. The van der Waals surface area contributed by atoms with Gasteiger partial charge in [0.25, 0.3) is 5.56 Å². The van der Waals surface area contributed by atoms with Crippen molar-refractivity contribution in [2.45, 2.75) is 13.0 Å². The van der Waals surface area contributed by atoms with Crippen molar-refractivity contribution in [1.82, 2.24) is 4.57 Å². The van der Waals surface area contributed by atoms with E-state index < -0.39 is 6.04 Å². The maximum absolute atomic E-state index is 12.8. The number of benzene rings is 1. The highest BCUT2D eigenvalue weighted by atomic mass is 19.1. The summed E-state index contributed by atoms with van der Waals surface area (Å²) in [6.07, 6.45) is 1.41. The van der Waals surface area contributed by atoms with Crippen LogP contribution in [0.5, 0.6) is 0 Å². The van der Waals surface area contributed by atoms with Gasteiger partial charge in [-0.2, -0.15) is 0 Å². The number of aromatic nitrogens is 1. The highest BCUT2D eigenvalue weighted by Gasteiger charge is 2.16. The van der Waals surface area contributed by atoms with Crippen LogP contribution < -0.4 is 16.6 Å². The molecule has 1 amide bonds. The molecular weight excluding hydrogens is 261 g/mol. The number of amides is 1. The smallest absolute Gasteiger partial charge is 0.251 e. The van der Waals surface area contributed by atoms with Crippen molar-refractivity contribution in [2.24, 2.45) is 0 Å². The predicted molar refractivity (Wildman–Crippen MR) is 74.9 cm³/mol. The molecule has 0 spiro atoms. The molecule has 0 fully saturated rings. The minimum atomic E-state index is -0.726. The number of nitrogens with one attached hydrogen (secondary N) is 1. The molecule has 3 N–H and O–H groups in total. The fourth-order valence-electron chi connectivity index (χ4n) is 1.73. The molecule has 0 aliphatic carbocycles. The first kappa shape index (κ1) is 13.8. The summed E-state index contributed by atoms with van der Waals surface area (Å²) < 4.78 is 14.0. The topological polar surface area (TPSA) is 77.1 Å². The molecule has 0 radical (unpaired) electrons. The molecule has 1 aromatic carbocycles. The summed E-state index contributed by atoms with van der Waals surface area (Å²) in [5.74, 6) is -0.771. The van der Waals surface area contributed by atoms with Gasteiger partial charge in [-0.25, -0.2) is 4.39 Å². The van der Waals surface area contributed by atoms with Crippen LogP contribution in [0.3, 0.4) is 0 Å². The van der Waals surface area contributed by atoms with Gasteiger partial charge in [0.05, 0.1) is 0 Å². The Labute approximate surface area is 114 Å². The average molecular weight is 275 g/mol. The van der Waals surface area contributed by atoms with Crippen molar-refractivity contribution in [3.8, 4) is 0 Å². The Balaban J connectivity index is 2.18. The molecule has 0 saturated carbocycles. The third-order valence-corrected chi connectivity index (χ3v) is 2.87. The summed E-state index contributed by atoms with van der Waals surface area (Å²) in [5, 5.41) is 2.61. The molecule has 1 unspecified atom stereocenters. The SMILES string of the molecule is CC(C(=O)Nc1ccc(F)cc1)n1cc(N)ccc1=O. The van der Waals surface area contributed by atoms with E-state index in [2.05, 4.69) is 5.32 Å². The second kappa shape index (κ2) is 5.56. The Bertz CT molecular complexity index is 680. The maximum atomic E-state index is 12.8. The molecule has 20 heavy (non-hydrogen) atoms. The lowest BCUT2D eigenvalue weighted by Crippen LogP contribution is -2.31. The van der Waals surface area contributed by atoms with Gasteiger partial charge in [0, 0.05) is 23.6 Å². The molecule has 1 aromatic heterocycles. The van der Waals surface area contributed by atoms with Gasteiger partial charge < -0.3 is 15.6 Å². The van der Waals surface area contributed by atoms with Crippen molar-refractivity contribution >= 4 is 17.3 Å². The minimum Gasteiger partial charge on any atom is -0.398 e. The fourth-order valence-corrected chi connectivity index (χ4v) is 1.73. The molecule has 0 bridgehead atoms. The quantitative estimate of drug-likeness (QED) is 0.896. The number of hydrogen-bond acceptors (Lipinski definition) is 3. The maximum Gasteiger partial charge on any atom is 0.251 e. The Morgan fingerprint density at radius 3 is 2.55 bits per heavy atom. The third kappa shape index (κ3) is 3.03. The van der Waals surface area contributed by atoms with E-state index in [9.17, 15) is 14.0 Å². The molecule has 2 rings (SSSR count).